The maximum Gasteiger partial charge on any atom is 0.163 e. The minimum Gasteiger partial charge on any atom is -0.352 e. The summed E-state index contributed by atoms with van der Waals surface area (Å²) in [5.74, 6) is 2.32. The molecule has 8 heavy (non-hydrogen) atoms. The van der Waals surface area contributed by atoms with E-state index in [4.69, 9.17) is 5.41 Å². The highest BCUT2D eigenvalue weighted by molar-refractivity contribution is 7.99. The van der Waals surface area contributed by atoms with Gasteiger partial charge in [-0.3, -0.25) is 5.41 Å². The molecular formula is C5H9N2S. The van der Waals surface area contributed by atoms with Gasteiger partial charge in [0.25, 0.3) is 0 Å². The molecule has 0 saturated carbocycles. The van der Waals surface area contributed by atoms with Gasteiger partial charge in [0.1, 0.15) is 0 Å². The van der Waals surface area contributed by atoms with Gasteiger partial charge in [-0.2, -0.15) is 11.8 Å². The molecule has 0 bridgehead atoms. The summed E-state index contributed by atoms with van der Waals surface area (Å²) in [5, 5.41) is 6.76. The van der Waals surface area contributed by atoms with Crippen molar-refractivity contribution in [3.63, 3.8) is 0 Å². The molecule has 3 heteroatoms. The van der Waals surface area contributed by atoms with Gasteiger partial charge in [0.2, 0.25) is 0 Å². The van der Waals surface area contributed by atoms with E-state index in [1.165, 1.54) is 0 Å². The first kappa shape index (κ1) is 5.95. The van der Waals surface area contributed by atoms with E-state index in [0.29, 0.717) is 0 Å². The molecule has 2 nitrogen and oxygen atoms in total. The SMILES string of the molecule is N=[C]N1CCSCC1. The first-order valence-corrected chi connectivity index (χ1v) is 3.84. The Morgan fingerprint density at radius 3 is 2.38 bits per heavy atom. The maximum atomic E-state index is 6.76. The topological polar surface area (TPSA) is 27.1 Å². The first-order chi connectivity index (χ1) is 3.93. The van der Waals surface area contributed by atoms with Gasteiger partial charge in [-0.05, 0) is 0 Å². The van der Waals surface area contributed by atoms with Crippen molar-refractivity contribution in [1.82, 2.24) is 4.90 Å². The van der Waals surface area contributed by atoms with E-state index >= 15 is 0 Å². The smallest absolute Gasteiger partial charge is 0.163 e. The molecule has 0 amide bonds. The Morgan fingerprint density at radius 2 is 2.00 bits per heavy atom. The fourth-order valence-electron chi connectivity index (χ4n) is 0.675. The molecule has 0 aromatic heterocycles. The number of hydrogen-bond acceptors (Lipinski definition) is 2. The third-order valence-corrected chi connectivity index (χ3v) is 2.11. The van der Waals surface area contributed by atoms with Crippen molar-refractivity contribution in [3.8, 4) is 0 Å². The quantitative estimate of drug-likeness (QED) is 0.413. The van der Waals surface area contributed by atoms with Crippen LogP contribution < -0.4 is 0 Å². The molecular weight excluding hydrogens is 120 g/mol. The lowest BCUT2D eigenvalue weighted by Crippen LogP contribution is -2.30. The van der Waals surface area contributed by atoms with Crippen molar-refractivity contribution >= 4 is 18.1 Å². The second-order valence-electron chi connectivity index (χ2n) is 1.71. The average Bonchev–Trinajstić information content (AvgIpc) is 1.90. The van der Waals surface area contributed by atoms with Gasteiger partial charge >= 0.3 is 0 Å². The third kappa shape index (κ3) is 1.40. The van der Waals surface area contributed by atoms with Crippen molar-refractivity contribution < 1.29 is 0 Å². The van der Waals surface area contributed by atoms with Crippen LogP contribution in [0.15, 0.2) is 0 Å². The number of hydrogen-bond donors (Lipinski definition) is 1. The van der Waals surface area contributed by atoms with E-state index in [-0.39, 0.29) is 0 Å². The highest BCUT2D eigenvalue weighted by Crippen LogP contribution is 2.06. The van der Waals surface area contributed by atoms with Gasteiger partial charge in [0, 0.05) is 24.6 Å². The molecule has 1 N–H and O–H groups in total. The summed E-state index contributed by atoms with van der Waals surface area (Å²) in [5.41, 5.74) is 0. The predicted molar refractivity (Wildman–Crippen MR) is 36.6 cm³/mol. The Morgan fingerprint density at radius 1 is 1.38 bits per heavy atom. The average molecular weight is 129 g/mol. The normalized spacial score (nSPS) is 20.8. The summed E-state index contributed by atoms with van der Waals surface area (Å²) in [6.07, 6.45) is 2.37. The summed E-state index contributed by atoms with van der Waals surface area (Å²) in [6, 6.07) is 0. The molecule has 1 rings (SSSR count). The second-order valence-corrected chi connectivity index (χ2v) is 2.94. The van der Waals surface area contributed by atoms with Crippen LogP contribution in [-0.4, -0.2) is 35.8 Å². The predicted octanol–water partition coefficient (Wildman–Crippen LogP) is 0.519. The summed E-state index contributed by atoms with van der Waals surface area (Å²) in [6.45, 7) is 2.02. The lowest BCUT2D eigenvalue weighted by atomic mass is 10.5. The van der Waals surface area contributed by atoms with Crippen molar-refractivity contribution in [3.05, 3.63) is 0 Å². The molecule has 1 radical (unpaired) electrons. The molecule has 1 aliphatic heterocycles. The molecule has 1 fully saturated rings. The molecule has 0 unspecified atom stereocenters. The molecule has 1 saturated heterocycles. The lowest BCUT2D eigenvalue weighted by molar-refractivity contribution is 0.474. The van der Waals surface area contributed by atoms with E-state index in [1.54, 1.807) is 0 Å². The highest BCUT2D eigenvalue weighted by Gasteiger charge is 2.04. The lowest BCUT2D eigenvalue weighted by Gasteiger charge is -2.21. The van der Waals surface area contributed by atoms with Gasteiger partial charge in [-0.1, -0.05) is 0 Å². The van der Waals surface area contributed by atoms with Crippen LogP contribution in [0.2, 0.25) is 0 Å². The zero-order valence-corrected chi connectivity index (χ0v) is 5.50. The van der Waals surface area contributed by atoms with Gasteiger partial charge in [-0.25, -0.2) is 0 Å². The van der Waals surface area contributed by atoms with Crippen LogP contribution in [0.25, 0.3) is 0 Å². The Labute approximate surface area is 53.8 Å². The maximum absolute atomic E-state index is 6.76. The number of rotatable bonds is 1. The van der Waals surface area contributed by atoms with Crippen LogP contribution in [-0.2, 0) is 0 Å². The third-order valence-electron chi connectivity index (χ3n) is 1.17. The van der Waals surface area contributed by atoms with Crippen LogP contribution in [0.3, 0.4) is 0 Å². The van der Waals surface area contributed by atoms with Crippen LogP contribution in [0, 0.1) is 5.41 Å². The largest absolute Gasteiger partial charge is 0.352 e. The van der Waals surface area contributed by atoms with Crippen molar-refractivity contribution in [2.45, 2.75) is 0 Å². The van der Waals surface area contributed by atoms with Gasteiger partial charge in [-0.15, -0.1) is 0 Å². The fourth-order valence-corrected chi connectivity index (χ4v) is 1.58. The van der Waals surface area contributed by atoms with Gasteiger partial charge in [0.05, 0.1) is 0 Å². The first-order valence-electron chi connectivity index (χ1n) is 2.68. The zero-order chi connectivity index (χ0) is 5.82. The van der Waals surface area contributed by atoms with Crippen molar-refractivity contribution in [2.24, 2.45) is 0 Å². The molecule has 0 aliphatic carbocycles. The zero-order valence-electron chi connectivity index (χ0n) is 4.68. The van der Waals surface area contributed by atoms with Crippen molar-refractivity contribution in [1.29, 1.82) is 5.41 Å². The Hall–Kier alpha value is -0.180. The Kier molecular flexibility index (Phi) is 2.21. The van der Waals surface area contributed by atoms with E-state index in [1.807, 2.05) is 16.7 Å². The molecule has 1 aliphatic rings. The van der Waals surface area contributed by atoms with Crippen LogP contribution >= 0.6 is 11.8 Å². The Balaban J connectivity index is 2.22. The van der Waals surface area contributed by atoms with Crippen molar-refractivity contribution in [2.75, 3.05) is 24.6 Å². The molecule has 45 valence electrons. The summed E-state index contributed by atoms with van der Waals surface area (Å²) in [7, 11) is 0. The molecule has 0 aromatic carbocycles. The molecule has 0 atom stereocenters. The van der Waals surface area contributed by atoms with E-state index in [9.17, 15) is 0 Å². The number of nitrogens with zero attached hydrogens (tertiary/aromatic N) is 1. The van der Waals surface area contributed by atoms with E-state index in [0.717, 1.165) is 24.6 Å². The molecule has 0 aromatic rings. The summed E-state index contributed by atoms with van der Waals surface area (Å²) in [4.78, 5) is 1.91. The Bertz CT molecular complexity index is 78.5. The van der Waals surface area contributed by atoms with E-state index < -0.39 is 0 Å². The minimum atomic E-state index is 1.01. The number of nitrogens with one attached hydrogen (secondary N) is 1. The molecule has 1 heterocycles. The number of thioether (sulfide) groups is 1. The fraction of sp³-hybridized carbons (Fsp3) is 0.800. The minimum absolute atomic E-state index is 1.01. The summed E-state index contributed by atoms with van der Waals surface area (Å²) < 4.78 is 0. The summed E-state index contributed by atoms with van der Waals surface area (Å²) >= 11 is 1.95. The van der Waals surface area contributed by atoms with Gasteiger partial charge < -0.3 is 4.90 Å². The standard InChI is InChI=1S/C5H9N2S/c6-5-7-1-3-8-4-2-7/h6H,1-4H2. The van der Waals surface area contributed by atoms with Crippen LogP contribution in [0.4, 0.5) is 0 Å². The van der Waals surface area contributed by atoms with Crippen LogP contribution in [0.5, 0.6) is 0 Å². The monoisotopic (exact) mass is 129 g/mol. The highest BCUT2D eigenvalue weighted by atomic mass is 32.2. The molecule has 0 spiro atoms. The van der Waals surface area contributed by atoms with E-state index in [2.05, 4.69) is 6.34 Å². The second kappa shape index (κ2) is 2.97. The van der Waals surface area contributed by atoms with Crippen LogP contribution in [0.1, 0.15) is 0 Å². The van der Waals surface area contributed by atoms with Gasteiger partial charge in [0.15, 0.2) is 6.34 Å².